The first kappa shape index (κ1) is 20.6. The molecule has 0 fully saturated rings. The van der Waals surface area contributed by atoms with Gasteiger partial charge in [-0.1, -0.05) is 6.07 Å². The lowest BCUT2D eigenvalue weighted by Gasteiger charge is -2.14. The minimum Gasteiger partial charge on any atom is -0.495 e. The quantitative estimate of drug-likeness (QED) is 0.579. The molecule has 0 heterocycles. The molecule has 0 bridgehead atoms. The van der Waals surface area contributed by atoms with Gasteiger partial charge in [0.2, 0.25) is 11.7 Å². The van der Waals surface area contributed by atoms with Crippen molar-refractivity contribution in [3.05, 3.63) is 41.5 Å². The Kier molecular flexibility index (Phi) is 6.88. The smallest absolute Gasteiger partial charge is 0.221 e. The van der Waals surface area contributed by atoms with E-state index in [0.29, 0.717) is 39.8 Å². The van der Waals surface area contributed by atoms with Gasteiger partial charge in [-0.25, -0.2) is 0 Å². The molecule has 28 heavy (non-hydrogen) atoms. The number of nitrogens with one attached hydrogen (secondary N) is 1. The molecule has 146 valence electrons. The standard InChI is InChI=1S/C21H22N2O5/c1-13(24)23-17-9-14(6-7-18(17)25-2)8-16(12-22)15-10-19(26-3)21(28-5)20(11-15)27-4/h6-11H,1-5H3,(H,23,24)/b16-8-. The summed E-state index contributed by atoms with van der Waals surface area (Å²) in [6.45, 7) is 1.42. The van der Waals surface area contributed by atoms with Crippen molar-refractivity contribution >= 4 is 23.2 Å². The number of amides is 1. The van der Waals surface area contributed by atoms with E-state index >= 15 is 0 Å². The molecule has 7 heteroatoms. The van der Waals surface area contributed by atoms with Crippen LogP contribution in [-0.4, -0.2) is 34.3 Å². The Hall–Kier alpha value is -3.66. The molecule has 1 amide bonds. The number of carbonyl (C=O) groups excluding carboxylic acids is 1. The van der Waals surface area contributed by atoms with Crippen molar-refractivity contribution in [3.8, 4) is 29.1 Å². The van der Waals surface area contributed by atoms with Gasteiger partial charge in [0.15, 0.2) is 11.5 Å². The first-order valence-corrected chi connectivity index (χ1v) is 8.35. The molecule has 1 N–H and O–H groups in total. The van der Waals surface area contributed by atoms with Crippen molar-refractivity contribution in [1.82, 2.24) is 0 Å². The average Bonchev–Trinajstić information content (AvgIpc) is 2.70. The maximum atomic E-state index is 11.4. The summed E-state index contributed by atoms with van der Waals surface area (Å²) in [5.74, 6) is 1.66. The number of hydrogen-bond donors (Lipinski definition) is 1. The fourth-order valence-corrected chi connectivity index (χ4v) is 2.69. The monoisotopic (exact) mass is 382 g/mol. The Bertz CT molecular complexity index is 919. The van der Waals surface area contributed by atoms with Gasteiger partial charge in [0.05, 0.1) is 45.8 Å². The molecule has 0 aromatic heterocycles. The number of benzene rings is 2. The summed E-state index contributed by atoms with van der Waals surface area (Å²) in [5, 5.41) is 12.4. The number of nitriles is 1. The maximum Gasteiger partial charge on any atom is 0.221 e. The van der Waals surface area contributed by atoms with E-state index in [9.17, 15) is 10.1 Å². The molecule has 0 saturated carbocycles. The van der Waals surface area contributed by atoms with Crippen LogP contribution in [0.2, 0.25) is 0 Å². The van der Waals surface area contributed by atoms with E-state index in [1.165, 1.54) is 35.4 Å². The topological polar surface area (TPSA) is 89.8 Å². The van der Waals surface area contributed by atoms with Crippen molar-refractivity contribution in [3.63, 3.8) is 0 Å². The van der Waals surface area contributed by atoms with E-state index in [4.69, 9.17) is 18.9 Å². The Balaban J connectivity index is 2.55. The van der Waals surface area contributed by atoms with E-state index in [-0.39, 0.29) is 5.91 Å². The Labute approximate surface area is 164 Å². The van der Waals surface area contributed by atoms with E-state index in [1.54, 1.807) is 36.4 Å². The summed E-state index contributed by atoms with van der Waals surface area (Å²) in [6.07, 6.45) is 1.70. The molecule has 7 nitrogen and oxygen atoms in total. The lowest BCUT2D eigenvalue weighted by molar-refractivity contribution is -0.114. The number of anilines is 1. The van der Waals surface area contributed by atoms with E-state index in [1.807, 2.05) is 0 Å². The first-order valence-electron chi connectivity index (χ1n) is 8.35. The zero-order chi connectivity index (χ0) is 20.7. The molecule has 0 unspecified atom stereocenters. The number of hydrogen-bond acceptors (Lipinski definition) is 6. The molecule has 0 aliphatic carbocycles. The van der Waals surface area contributed by atoms with Gasteiger partial charge in [0.25, 0.3) is 0 Å². The second-order valence-electron chi connectivity index (χ2n) is 5.72. The van der Waals surface area contributed by atoms with Crippen LogP contribution in [0.5, 0.6) is 23.0 Å². The molecule has 0 spiro atoms. The van der Waals surface area contributed by atoms with E-state index in [0.717, 1.165) is 5.56 Å². The van der Waals surface area contributed by atoms with E-state index < -0.39 is 0 Å². The minimum absolute atomic E-state index is 0.218. The number of rotatable bonds is 7. The van der Waals surface area contributed by atoms with Gasteiger partial charge >= 0.3 is 0 Å². The number of methoxy groups -OCH3 is 4. The van der Waals surface area contributed by atoms with Crippen LogP contribution in [-0.2, 0) is 4.79 Å². The lowest BCUT2D eigenvalue weighted by atomic mass is 10.0. The third-order valence-corrected chi connectivity index (χ3v) is 3.94. The summed E-state index contributed by atoms with van der Waals surface area (Å²) < 4.78 is 21.3. The summed E-state index contributed by atoms with van der Waals surface area (Å²) in [7, 11) is 6.06. The lowest BCUT2D eigenvalue weighted by Crippen LogP contribution is -2.07. The first-order chi connectivity index (χ1) is 13.5. The predicted molar refractivity (Wildman–Crippen MR) is 107 cm³/mol. The molecular weight excluding hydrogens is 360 g/mol. The maximum absolute atomic E-state index is 11.4. The van der Waals surface area contributed by atoms with Crippen molar-refractivity contribution in [1.29, 1.82) is 5.26 Å². The number of nitrogens with zero attached hydrogens (tertiary/aromatic N) is 1. The molecule has 0 atom stereocenters. The number of carbonyl (C=O) groups is 1. The summed E-state index contributed by atoms with van der Waals surface area (Å²) in [6, 6.07) is 10.8. The van der Waals surface area contributed by atoms with Crippen molar-refractivity contribution < 1.29 is 23.7 Å². The third-order valence-electron chi connectivity index (χ3n) is 3.94. The fraction of sp³-hybridized carbons (Fsp3) is 0.238. The Morgan fingerprint density at radius 1 is 0.964 bits per heavy atom. The Morgan fingerprint density at radius 3 is 2.04 bits per heavy atom. The zero-order valence-electron chi connectivity index (χ0n) is 16.5. The molecule has 0 aliphatic rings. The highest BCUT2D eigenvalue weighted by molar-refractivity contribution is 5.94. The molecule has 0 saturated heterocycles. The molecular formula is C21H22N2O5. The second kappa shape index (κ2) is 9.33. The molecule has 2 aromatic rings. The molecule has 2 rings (SSSR count). The normalized spacial score (nSPS) is 10.6. The van der Waals surface area contributed by atoms with Gasteiger partial charge in [-0.3, -0.25) is 4.79 Å². The third kappa shape index (κ3) is 4.54. The Morgan fingerprint density at radius 2 is 1.57 bits per heavy atom. The predicted octanol–water partition coefficient (Wildman–Crippen LogP) is 3.74. The van der Waals surface area contributed by atoms with Gasteiger partial charge < -0.3 is 24.3 Å². The van der Waals surface area contributed by atoms with Crippen LogP contribution in [0, 0.1) is 11.3 Å². The van der Waals surface area contributed by atoms with E-state index in [2.05, 4.69) is 11.4 Å². The van der Waals surface area contributed by atoms with Crippen LogP contribution in [0.3, 0.4) is 0 Å². The van der Waals surface area contributed by atoms with Gasteiger partial charge in [0, 0.05) is 6.92 Å². The summed E-state index contributed by atoms with van der Waals surface area (Å²) >= 11 is 0. The summed E-state index contributed by atoms with van der Waals surface area (Å²) in [4.78, 5) is 11.4. The highest BCUT2D eigenvalue weighted by Gasteiger charge is 2.15. The summed E-state index contributed by atoms with van der Waals surface area (Å²) in [5.41, 5.74) is 2.23. The van der Waals surface area contributed by atoms with Crippen LogP contribution in [0.1, 0.15) is 18.1 Å². The highest BCUT2D eigenvalue weighted by atomic mass is 16.5. The van der Waals surface area contributed by atoms with Crippen molar-refractivity contribution in [2.75, 3.05) is 33.8 Å². The average molecular weight is 382 g/mol. The van der Waals surface area contributed by atoms with Gasteiger partial charge in [0.1, 0.15) is 5.75 Å². The number of ether oxygens (including phenoxy) is 4. The molecule has 0 aliphatic heterocycles. The van der Waals surface area contributed by atoms with Crippen molar-refractivity contribution in [2.24, 2.45) is 0 Å². The number of allylic oxidation sites excluding steroid dienone is 1. The van der Waals surface area contributed by atoms with Crippen molar-refractivity contribution in [2.45, 2.75) is 6.92 Å². The van der Waals surface area contributed by atoms with Crippen LogP contribution >= 0.6 is 0 Å². The fourth-order valence-electron chi connectivity index (χ4n) is 2.69. The van der Waals surface area contributed by atoms with Gasteiger partial charge in [-0.15, -0.1) is 0 Å². The van der Waals surface area contributed by atoms with Gasteiger partial charge in [-0.2, -0.15) is 5.26 Å². The second-order valence-corrected chi connectivity index (χ2v) is 5.72. The highest BCUT2D eigenvalue weighted by Crippen LogP contribution is 2.40. The SMILES string of the molecule is COc1ccc(/C=C(/C#N)c2cc(OC)c(OC)c(OC)c2)cc1NC(C)=O. The largest absolute Gasteiger partial charge is 0.495 e. The molecule has 0 radical (unpaired) electrons. The van der Waals surface area contributed by atoms with Crippen LogP contribution < -0.4 is 24.3 Å². The minimum atomic E-state index is -0.218. The molecule has 2 aromatic carbocycles. The van der Waals surface area contributed by atoms with Crippen LogP contribution in [0.25, 0.3) is 11.6 Å². The zero-order valence-corrected chi connectivity index (χ0v) is 16.5. The van der Waals surface area contributed by atoms with Crippen LogP contribution in [0.15, 0.2) is 30.3 Å². The van der Waals surface area contributed by atoms with Crippen LogP contribution in [0.4, 0.5) is 5.69 Å². The van der Waals surface area contributed by atoms with Gasteiger partial charge in [-0.05, 0) is 41.5 Å².